The number of hydrogen-bond donors (Lipinski definition) is 2. The zero-order valence-corrected chi connectivity index (χ0v) is 11.4. The highest BCUT2D eigenvalue weighted by Gasteiger charge is 2.27. The molecule has 1 aromatic carbocycles. The molecule has 2 rings (SSSR count). The van der Waals surface area contributed by atoms with Crippen molar-refractivity contribution in [2.75, 3.05) is 19.8 Å². The lowest BCUT2D eigenvalue weighted by molar-refractivity contribution is -0.138. The maximum Gasteiger partial charge on any atom is 0.312 e. The molecule has 1 unspecified atom stereocenters. The standard InChI is InChI=1S/C13H16ClNO4/c1-7-11(8(6-15)13(16)17)9(14)5-10-12(7)19-4-2-3-18-10/h5,8H,2-4,6,15H2,1H3,(H,16,17). The van der Waals surface area contributed by atoms with Crippen LogP contribution in [0.1, 0.15) is 23.5 Å². The molecule has 1 aliphatic rings. The Labute approximate surface area is 116 Å². The molecule has 0 saturated heterocycles. The van der Waals surface area contributed by atoms with Gasteiger partial charge in [-0.3, -0.25) is 4.79 Å². The number of fused-ring (bicyclic) bond motifs is 1. The zero-order chi connectivity index (χ0) is 14.0. The largest absolute Gasteiger partial charge is 0.489 e. The highest BCUT2D eigenvalue weighted by molar-refractivity contribution is 6.32. The summed E-state index contributed by atoms with van der Waals surface area (Å²) in [4.78, 5) is 11.3. The molecule has 1 aromatic rings. The van der Waals surface area contributed by atoms with Gasteiger partial charge in [-0.2, -0.15) is 0 Å². The average molecular weight is 286 g/mol. The van der Waals surface area contributed by atoms with Crippen molar-refractivity contribution in [3.63, 3.8) is 0 Å². The topological polar surface area (TPSA) is 81.8 Å². The molecule has 5 nitrogen and oxygen atoms in total. The van der Waals surface area contributed by atoms with Crippen LogP contribution in [0.3, 0.4) is 0 Å². The van der Waals surface area contributed by atoms with E-state index in [2.05, 4.69) is 0 Å². The van der Waals surface area contributed by atoms with Gasteiger partial charge in [-0.15, -0.1) is 0 Å². The van der Waals surface area contributed by atoms with Gasteiger partial charge in [-0.25, -0.2) is 0 Å². The highest BCUT2D eigenvalue weighted by atomic mass is 35.5. The van der Waals surface area contributed by atoms with Crippen LogP contribution in [0.2, 0.25) is 5.02 Å². The molecule has 104 valence electrons. The van der Waals surface area contributed by atoms with E-state index in [0.29, 0.717) is 40.9 Å². The highest BCUT2D eigenvalue weighted by Crippen LogP contribution is 2.41. The molecule has 1 aliphatic heterocycles. The molecule has 1 heterocycles. The van der Waals surface area contributed by atoms with E-state index in [1.54, 1.807) is 13.0 Å². The molecule has 0 aromatic heterocycles. The first-order valence-electron chi connectivity index (χ1n) is 6.07. The third-order valence-corrected chi connectivity index (χ3v) is 3.47. The molecule has 3 N–H and O–H groups in total. The normalized spacial score (nSPS) is 15.7. The summed E-state index contributed by atoms with van der Waals surface area (Å²) in [5, 5.41) is 9.57. The van der Waals surface area contributed by atoms with E-state index in [-0.39, 0.29) is 6.54 Å². The fourth-order valence-corrected chi connectivity index (χ4v) is 2.59. The molecule has 6 heteroatoms. The van der Waals surface area contributed by atoms with E-state index in [1.807, 2.05) is 0 Å². The molecule has 0 bridgehead atoms. The van der Waals surface area contributed by atoms with Crippen LogP contribution < -0.4 is 15.2 Å². The van der Waals surface area contributed by atoms with Crippen LogP contribution in [0.5, 0.6) is 11.5 Å². The van der Waals surface area contributed by atoms with Crippen LogP contribution in [-0.2, 0) is 4.79 Å². The Kier molecular flexibility index (Phi) is 4.17. The number of ether oxygens (including phenoxy) is 2. The fraction of sp³-hybridized carbons (Fsp3) is 0.462. The summed E-state index contributed by atoms with van der Waals surface area (Å²) in [6, 6.07) is 1.61. The molecule has 0 aliphatic carbocycles. The van der Waals surface area contributed by atoms with E-state index in [1.165, 1.54) is 0 Å². The molecular formula is C13H16ClNO4. The Morgan fingerprint density at radius 1 is 1.53 bits per heavy atom. The van der Waals surface area contributed by atoms with E-state index >= 15 is 0 Å². The first-order chi connectivity index (χ1) is 9.06. The van der Waals surface area contributed by atoms with Crippen molar-refractivity contribution in [3.8, 4) is 11.5 Å². The van der Waals surface area contributed by atoms with Gasteiger partial charge in [-0.05, 0) is 12.5 Å². The van der Waals surface area contributed by atoms with Crippen molar-refractivity contribution in [1.82, 2.24) is 0 Å². The number of carbonyl (C=O) groups is 1. The van der Waals surface area contributed by atoms with Gasteiger partial charge >= 0.3 is 5.97 Å². The van der Waals surface area contributed by atoms with Crippen LogP contribution >= 0.6 is 11.6 Å². The third kappa shape index (κ3) is 2.62. The SMILES string of the molecule is Cc1c2c(cc(Cl)c1C(CN)C(=O)O)OCCCO2. The second-order valence-electron chi connectivity index (χ2n) is 4.40. The first kappa shape index (κ1) is 14.0. The van der Waals surface area contributed by atoms with Crippen LogP contribution in [-0.4, -0.2) is 30.8 Å². The molecule has 0 saturated carbocycles. The molecule has 19 heavy (non-hydrogen) atoms. The number of carboxylic acid groups (broad SMARTS) is 1. The zero-order valence-electron chi connectivity index (χ0n) is 10.6. The summed E-state index contributed by atoms with van der Waals surface area (Å²) in [5.74, 6) is -0.715. The molecule has 0 fully saturated rings. The number of benzene rings is 1. The quantitative estimate of drug-likeness (QED) is 0.887. The van der Waals surface area contributed by atoms with E-state index in [4.69, 9.17) is 26.8 Å². The molecule has 0 radical (unpaired) electrons. The van der Waals surface area contributed by atoms with Crippen molar-refractivity contribution in [2.45, 2.75) is 19.3 Å². The number of carboxylic acids is 1. The predicted molar refractivity (Wildman–Crippen MR) is 71.2 cm³/mol. The Balaban J connectivity index is 2.56. The smallest absolute Gasteiger partial charge is 0.312 e. The van der Waals surface area contributed by atoms with Gasteiger partial charge in [-0.1, -0.05) is 11.6 Å². The Hall–Kier alpha value is -1.46. The van der Waals surface area contributed by atoms with E-state index in [9.17, 15) is 9.90 Å². The number of halogens is 1. The van der Waals surface area contributed by atoms with Crippen LogP contribution in [0.15, 0.2) is 6.07 Å². The van der Waals surface area contributed by atoms with Crippen molar-refractivity contribution in [2.24, 2.45) is 5.73 Å². The summed E-state index contributed by atoms with van der Waals surface area (Å²) in [5.41, 5.74) is 6.72. The second kappa shape index (κ2) is 5.67. The van der Waals surface area contributed by atoms with Gasteiger partial charge < -0.3 is 20.3 Å². The monoisotopic (exact) mass is 285 g/mol. The number of aliphatic carboxylic acids is 1. The van der Waals surface area contributed by atoms with E-state index < -0.39 is 11.9 Å². The minimum absolute atomic E-state index is 0.0183. The maximum absolute atomic E-state index is 11.3. The Morgan fingerprint density at radius 2 is 2.21 bits per heavy atom. The predicted octanol–water partition coefficient (Wildman–Crippen LogP) is 1.94. The van der Waals surface area contributed by atoms with Gasteiger partial charge in [0, 0.05) is 29.6 Å². The number of hydrogen-bond acceptors (Lipinski definition) is 4. The van der Waals surface area contributed by atoms with Crippen LogP contribution in [0.4, 0.5) is 0 Å². The Morgan fingerprint density at radius 3 is 2.84 bits per heavy atom. The maximum atomic E-state index is 11.3. The van der Waals surface area contributed by atoms with E-state index in [0.717, 1.165) is 6.42 Å². The van der Waals surface area contributed by atoms with Crippen molar-refractivity contribution >= 4 is 17.6 Å². The van der Waals surface area contributed by atoms with Crippen molar-refractivity contribution in [3.05, 3.63) is 22.2 Å². The van der Waals surface area contributed by atoms with Gasteiger partial charge in [0.05, 0.1) is 19.1 Å². The van der Waals surface area contributed by atoms with Gasteiger partial charge in [0.25, 0.3) is 0 Å². The van der Waals surface area contributed by atoms with Crippen molar-refractivity contribution < 1.29 is 19.4 Å². The number of nitrogens with two attached hydrogens (primary N) is 1. The summed E-state index contributed by atoms with van der Waals surface area (Å²) in [6.45, 7) is 2.85. The summed E-state index contributed by atoms with van der Waals surface area (Å²) < 4.78 is 11.2. The molecular weight excluding hydrogens is 270 g/mol. The third-order valence-electron chi connectivity index (χ3n) is 3.16. The summed E-state index contributed by atoms with van der Waals surface area (Å²) in [6.07, 6.45) is 0.778. The lowest BCUT2D eigenvalue weighted by Crippen LogP contribution is -2.22. The van der Waals surface area contributed by atoms with Gasteiger partial charge in [0.1, 0.15) is 0 Å². The Bertz CT molecular complexity index is 504. The fourth-order valence-electron chi connectivity index (χ4n) is 2.22. The van der Waals surface area contributed by atoms with Crippen LogP contribution in [0.25, 0.3) is 0 Å². The first-order valence-corrected chi connectivity index (χ1v) is 6.45. The minimum atomic E-state index is -0.998. The minimum Gasteiger partial charge on any atom is -0.489 e. The molecule has 1 atom stereocenters. The summed E-state index contributed by atoms with van der Waals surface area (Å²) in [7, 11) is 0. The second-order valence-corrected chi connectivity index (χ2v) is 4.81. The number of rotatable bonds is 3. The summed E-state index contributed by atoms with van der Waals surface area (Å²) >= 11 is 6.18. The lowest BCUT2D eigenvalue weighted by atomic mass is 9.94. The van der Waals surface area contributed by atoms with Crippen molar-refractivity contribution in [1.29, 1.82) is 0 Å². The lowest BCUT2D eigenvalue weighted by Gasteiger charge is -2.19. The molecule has 0 spiro atoms. The molecule has 0 amide bonds. The van der Waals surface area contributed by atoms with Gasteiger partial charge in [0.2, 0.25) is 0 Å². The average Bonchev–Trinajstić information content (AvgIpc) is 2.59. The van der Waals surface area contributed by atoms with Gasteiger partial charge in [0.15, 0.2) is 11.5 Å². The van der Waals surface area contributed by atoms with Crippen LogP contribution in [0, 0.1) is 6.92 Å².